The van der Waals surface area contributed by atoms with Gasteiger partial charge in [0.2, 0.25) is 5.91 Å². The van der Waals surface area contributed by atoms with Crippen molar-refractivity contribution in [1.29, 1.82) is 5.26 Å². The maximum atomic E-state index is 11.5. The van der Waals surface area contributed by atoms with E-state index >= 15 is 0 Å². The lowest BCUT2D eigenvalue weighted by Crippen LogP contribution is -2.21. The number of carbonyl (C=O) groups is 1. The Morgan fingerprint density at radius 1 is 1.79 bits per heavy atom. The lowest BCUT2D eigenvalue weighted by Gasteiger charge is -2.06. The molecule has 1 aromatic rings. The van der Waals surface area contributed by atoms with E-state index in [1.807, 2.05) is 29.8 Å². The Labute approximate surface area is 87.4 Å². The predicted octanol–water partition coefficient (Wildman–Crippen LogP) is 2.63. The van der Waals surface area contributed by atoms with E-state index in [1.54, 1.807) is 0 Å². The van der Waals surface area contributed by atoms with E-state index in [-0.39, 0.29) is 5.91 Å². The highest BCUT2D eigenvalue weighted by atomic mass is 32.1. The van der Waals surface area contributed by atoms with Gasteiger partial charge in [-0.2, -0.15) is 16.6 Å². The van der Waals surface area contributed by atoms with Crippen molar-refractivity contribution in [1.82, 2.24) is 0 Å². The van der Waals surface area contributed by atoms with E-state index in [4.69, 9.17) is 5.26 Å². The Bertz CT molecular complexity index is 326. The van der Waals surface area contributed by atoms with Crippen molar-refractivity contribution < 1.29 is 4.79 Å². The van der Waals surface area contributed by atoms with Crippen molar-refractivity contribution >= 4 is 22.9 Å². The summed E-state index contributed by atoms with van der Waals surface area (Å²) in [7, 11) is 0. The Morgan fingerprint density at radius 2 is 2.57 bits per heavy atom. The third-order valence-corrected chi connectivity index (χ3v) is 2.52. The van der Waals surface area contributed by atoms with Gasteiger partial charge >= 0.3 is 0 Å². The van der Waals surface area contributed by atoms with Crippen LogP contribution in [0, 0.1) is 17.2 Å². The van der Waals surface area contributed by atoms with Crippen LogP contribution in [0.3, 0.4) is 0 Å². The second-order valence-electron chi connectivity index (χ2n) is 2.97. The SMILES string of the molecule is CCCC(C#N)C(=O)Nc1ccsc1. The monoisotopic (exact) mass is 208 g/mol. The van der Waals surface area contributed by atoms with Gasteiger partial charge in [-0.3, -0.25) is 4.79 Å². The Hall–Kier alpha value is -1.34. The minimum Gasteiger partial charge on any atom is -0.324 e. The maximum absolute atomic E-state index is 11.5. The Morgan fingerprint density at radius 3 is 3.07 bits per heavy atom. The van der Waals surface area contributed by atoms with Gasteiger partial charge in [-0.25, -0.2) is 0 Å². The standard InChI is InChI=1S/C10H12N2OS/c1-2-3-8(6-11)10(13)12-9-4-5-14-7-9/h4-5,7-8H,2-3H2,1H3,(H,12,13). The molecule has 0 fully saturated rings. The number of hydrogen-bond acceptors (Lipinski definition) is 3. The highest BCUT2D eigenvalue weighted by Gasteiger charge is 2.16. The fraction of sp³-hybridized carbons (Fsp3) is 0.400. The van der Waals surface area contributed by atoms with Crippen LogP contribution in [0.5, 0.6) is 0 Å². The minimum absolute atomic E-state index is 0.201. The molecule has 1 aromatic heterocycles. The number of nitrogens with one attached hydrogen (secondary N) is 1. The van der Waals surface area contributed by atoms with Crippen LogP contribution in [0.2, 0.25) is 0 Å². The maximum Gasteiger partial charge on any atom is 0.241 e. The largest absolute Gasteiger partial charge is 0.324 e. The van der Waals surface area contributed by atoms with Crippen LogP contribution in [0.4, 0.5) is 5.69 Å². The molecule has 1 atom stereocenters. The van der Waals surface area contributed by atoms with Crippen LogP contribution in [0.25, 0.3) is 0 Å². The highest BCUT2D eigenvalue weighted by Crippen LogP contribution is 2.14. The third-order valence-electron chi connectivity index (χ3n) is 1.84. The van der Waals surface area contributed by atoms with Gasteiger partial charge in [0.1, 0.15) is 5.92 Å². The van der Waals surface area contributed by atoms with Crippen LogP contribution < -0.4 is 5.32 Å². The van der Waals surface area contributed by atoms with Crippen molar-refractivity contribution in [2.75, 3.05) is 5.32 Å². The van der Waals surface area contributed by atoms with Gasteiger partial charge in [0, 0.05) is 5.38 Å². The van der Waals surface area contributed by atoms with Crippen LogP contribution >= 0.6 is 11.3 Å². The van der Waals surface area contributed by atoms with E-state index in [1.165, 1.54) is 11.3 Å². The fourth-order valence-corrected chi connectivity index (χ4v) is 1.70. The smallest absolute Gasteiger partial charge is 0.241 e. The molecule has 1 N–H and O–H groups in total. The summed E-state index contributed by atoms with van der Waals surface area (Å²) in [6, 6.07) is 3.83. The Balaban J connectivity index is 2.53. The summed E-state index contributed by atoms with van der Waals surface area (Å²) in [5.74, 6) is -0.729. The van der Waals surface area contributed by atoms with Crippen molar-refractivity contribution in [2.24, 2.45) is 5.92 Å². The lowest BCUT2D eigenvalue weighted by atomic mass is 10.1. The number of nitriles is 1. The molecule has 0 saturated carbocycles. The van der Waals surface area contributed by atoms with Crippen LogP contribution in [0.1, 0.15) is 19.8 Å². The molecule has 0 aliphatic heterocycles. The molecule has 0 bridgehead atoms. The van der Waals surface area contributed by atoms with Crippen LogP contribution in [0.15, 0.2) is 16.8 Å². The molecule has 0 spiro atoms. The molecule has 0 aliphatic carbocycles. The van der Waals surface area contributed by atoms with Gasteiger partial charge in [-0.05, 0) is 17.9 Å². The zero-order valence-corrected chi connectivity index (χ0v) is 8.80. The number of hydrogen-bond donors (Lipinski definition) is 1. The molecule has 0 radical (unpaired) electrons. The van der Waals surface area contributed by atoms with Gasteiger partial charge in [0.05, 0.1) is 11.8 Å². The van der Waals surface area contributed by atoms with E-state index in [0.717, 1.165) is 12.1 Å². The summed E-state index contributed by atoms with van der Waals surface area (Å²) in [5.41, 5.74) is 0.774. The number of carbonyl (C=O) groups excluding carboxylic acids is 1. The molecule has 0 aliphatic rings. The van der Waals surface area contributed by atoms with Crippen LogP contribution in [-0.4, -0.2) is 5.91 Å². The predicted molar refractivity (Wildman–Crippen MR) is 57.0 cm³/mol. The van der Waals surface area contributed by atoms with E-state index < -0.39 is 5.92 Å². The molecular weight excluding hydrogens is 196 g/mol. The first-order chi connectivity index (χ1) is 6.77. The first kappa shape index (κ1) is 10.7. The van der Waals surface area contributed by atoms with E-state index in [9.17, 15) is 4.79 Å². The molecule has 74 valence electrons. The van der Waals surface area contributed by atoms with E-state index in [0.29, 0.717) is 6.42 Å². The zero-order valence-electron chi connectivity index (χ0n) is 7.99. The van der Waals surface area contributed by atoms with Crippen molar-refractivity contribution in [2.45, 2.75) is 19.8 Å². The summed E-state index contributed by atoms with van der Waals surface area (Å²) in [6.45, 7) is 1.96. The topological polar surface area (TPSA) is 52.9 Å². The number of rotatable bonds is 4. The molecule has 1 heterocycles. The quantitative estimate of drug-likeness (QED) is 0.827. The minimum atomic E-state index is -0.528. The number of anilines is 1. The summed E-state index contributed by atoms with van der Waals surface area (Å²) >= 11 is 1.52. The van der Waals surface area contributed by atoms with Gasteiger partial charge in [-0.15, -0.1) is 0 Å². The number of thiophene rings is 1. The molecule has 4 heteroatoms. The third kappa shape index (κ3) is 2.86. The zero-order chi connectivity index (χ0) is 10.4. The van der Waals surface area contributed by atoms with Gasteiger partial charge in [0.25, 0.3) is 0 Å². The lowest BCUT2D eigenvalue weighted by molar-refractivity contribution is -0.118. The van der Waals surface area contributed by atoms with E-state index in [2.05, 4.69) is 5.32 Å². The second-order valence-corrected chi connectivity index (χ2v) is 3.75. The first-order valence-electron chi connectivity index (χ1n) is 4.50. The second kappa shape index (κ2) is 5.40. The van der Waals surface area contributed by atoms with Gasteiger partial charge < -0.3 is 5.32 Å². The van der Waals surface area contributed by atoms with Crippen molar-refractivity contribution in [3.63, 3.8) is 0 Å². The summed E-state index contributed by atoms with van der Waals surface area (Å²) in [4.78, 5) is 11.5. The highest BCUT2D eigenvalue weighted by molar-refractivity contribution is 7.08. The molecule has 1 unspecified atom stereocenters. The van der Waals surface area contributed by atoms with Crippen LogP contribution in [-0.2, 0) is 4.79 Å². The molecule has 1 amide bonds. The van der Waals surface area contributed by atoms with Crippen molar-refractivity contribution in [3.05, 3.63) is 16.8 Å². The fourth-order valence-electron chi connectivity index (χ4n) is 1.11. The summed E-state index contributed by atoms with van der Waals surface area (Å²) < 4.78 is 0. The first-order valence-corrected chi connectivity index (χ1v) is 5.45. The normalized spacial score (nSPS) is 11.7. The van der Waals surface area contributed by atoms with Crippen molar-refractivity contribution in [3.8, 4) is 6.07 Å². The molecule has 0 saturated heterocycles. The Kier molecular flexibility index (Phi) is 4.14. The molecule has 14 heavy (non-hydrogen) atoms. The number of nitrogens with zero attached hydrogens (tertiary/aromatic N) is 1. The van der Waals surface area contributed by atoms with Gasteiger partial charge in [-0.1, -0.05) is 13.3 Å². The average molecular weight is 208 g/mol. The molecule has 0 aromatic carbocycles. The summed E-state index contributed by atoms with van der Waals surface area (Å²) in [5, 5.41) is 15.2. The molecule has 3 nitrogen and oxygen atoms in total. The average Bonchev–Trinajstić information content (AvgIpc) is 2.66. The van der Waals surface area contributed by atoms with Gasteiger partial charge in [0.15, 0.2) is 0 Å². The molecule has 1 rings (SSSR count). The molecular formula is C10H12N2OS. The summed E-state index contributed by atoms with van der Waals surface area (Å²) in [6.07, 6.45) is 1.46. The number of amides is 1.